The Morgan fingerprint density at radius 3 is 2.29 bits per heavy atom. The van der Waals surface area contributed by atoms with Crippen LogP contribution >= 0.6 is 7.60 Å². The molecule has 5 nitrogen and oxygen atoms in total. The van der Waals surface area contributed by atoms with Crippen LogP contribution in [0.4, 0.5) is 0 Å². The average molecular weight is 224 g/mol. The number of rotatable bonds is 5. The summed E-state index contributed by atoms with van der Waals surface area (Å²) in [4.78, 5) is 28.4. The third-order valence-corrected chi connectivity index (χ3v) is 2.89. The second-order valence-corrected chi connectivity index (χ2v) is 5.64. The van der Waals surface area contributed by atoms with Crippen LogP contribution in [-0.4, -0.2) is 29.0 Å². The number of ether oxygens (including phenoxy) is 1. The topological polar surface area (TPSA) is 83.8 Å². The maximum Gasteiger partial charge on any atom is 0.325 e. The van der Waals surface area contributed by atoms with Crippen LogP contribution in [0.2, 0.25) is 0 Å². The molecule has 84 valence electrons. The molecule has 6 heteroatoms. The molecule has 0 aromatic carbocycles. The maximum absolute atomic E-state index is 11.2. The average Bonchev–Trinajstić information content (AvgIpc) is 2.00. The van der Waals surface area contributed by atoms with Crippen molar-refractivity contribution in [3.63, 3.8) is 0 Å². The molecule has 0 fully saturated rings. The molecule has 2 N–H and O–H groups in total. The van der Waals surface area contributed by atoms with Gasteiger partial charge in [-0.3, -0.25) is 9.36 Å². The van der Waals surface area contributed by atoms with Gasteiger partial charge in [0.05, 0.1) is 12.5 Å². The zero-order chi connectivity index (χ0) is 11.4. The van der Waals surface area contributed by atoms with Crippen molar-refractivity contribution in [2.75, 3.05) is 13.3 Å². The third-order valence-electron chi connectivity index (χ3n) is 1.99. The van der Waals surface area contributed by atoms with Gasteiger partial charge < -0.3 is 14.5 Å². The highest BCUT2D eigenvalue weighted by Gasteiger charge is 2.28. The second kappa shape index (κ2) is 4.91. The van der Waals surface area contributed by atoms with Gasteiger partial charge in [0.15, 0.2) is 0 Å². The summed E-state index contributed by atoms with van der Waals surface area (Å²) in [5, 5.41) is 0. The highest BCUT2D eigenvalue weighted by Crippen LogP contribution is 2.37. The van der Waals surface area contributed by atoms with Gasteiger partial charge in [-0.1, -0.05) is 0 Å². The van der Waals surface area contributed by atoms with Crippen molar-refractivity contribution in [1.82, 2.24) is 0 Å². The third kappa shape index (κ3) is 5.37. The van der Waals surface area contributed by atoms with E-state index in [1.165, 1.54) is 7.11 Å². The Morgan fingerprint density at radius 1 is 1.43 bits per heavy atom. The molecule has 0 aliphatic heterocycles. The first-order chi connectivity index (χ1) is 6.19. The van der Waals surface area contributed by atoms with Gasteiger partial charge in [0, 0.05) is 6.16 Å². The summed E-state index contributed by atoms with van der Waals surface area (Å²) < 4.78 is 15.1. The van der Waals surface area contributed by atoms with E-state index >= 15 is 0 Å². The lowest BCUT2D eigenvalue weighted by Crippen LogP contribution is -2.25. The number of carbonyl (C=O) groups is 1. The summed E-state index contributed by atoms with van der Waals surface area (Å²) in [6, 6.07) is 0. The van der Waals surface area contributed by atoms with Crippen molar-refractivity contribution in [2.45, 2.75) is 26.7 Å². The molecule has 0 rings (SSSR count). The Labute approximate surface area is 83.6 Å². The van der Waals surface area contributed by atoms with E-state index in [-0.39, 0.29) is 12.1 Å². The molecule has 0 atom stereocenters. The highest BCUT2D eigenvalue weighted by molar-refractivity contribution is 7.51. The predicted molar refractivity (Wildman–Crippen MR) is 51.9 cm³/mol. The van der Waals surface area contributed by atoms with Crippen LogP contribution in [0.5, 0.6) is 0 Å². The van der Waals surface area contributed by atoms with Crippen molar-refractivity contribution in [3.8, 4) is 0 Å². The Kier molecular flexibility index (Phi) is 4.78. The summed E-state index contributed by atoms with van der Waals surface area (Å²) >= 11 is 0. The predicted octanol–water partition coefficient (Wildman–Crippen LogP) is 1.14. The van der Waals surface area contributed by atoms with Crippen LogP contribution in [0.3, 0.4) is 0 Å². The smallest absolute Gasteiger partial charge is 0.325 e. The number of carbonyl (C=O) groups excluding carboxylic acids is 1. The van der Waals surface area contributed by atoms with E-state index in [1.807, 2.05) is 0 Å². The fourth-order valence-electron chi connectivity index (χ4n) is 1.11. The van der Waals surface area contributed by atoms with Gasteiger partial charge >= 0.3 is 13.6 Å². The molecular formula is C8H17O5P. The van der Waals surface area contributed by atoms with Gasteiger partial charge in [-0.15, -0.1) is 0 Å². The van der Waals surface area contributed by atoms with E-state index in [4.69, 9.17) is 9.79 Å². The minimum absolute atomic E-state index is 0.187. The molecule has 0 aromatic heterocycles. The molecular weight excluding hydrogens is 207 g/mol. The van der Waals surface area contributed by atoms with Crippen LogP contribution in [0, 0.1) is 5.41 Å². The normalized spacial score (nSPS) is 12.6. The van der Waals surface area contributed by atoms with Gasteiger partial charge in [0.25, 0.3) is 0 Å². The highest BCUT2D eigenvalue weighted by atomic mass is 31.2. The molecule has 0 saturated carbocycles. The first-order valence-electron chi connectivity index (χ1n) is 4.32. The summed E-state index contributed by atoms with van der Waals surface area (Å²) in [5.41, 5.74) is -0.677. The molecule has 0 aromatic rings. The molecule has 0 unspecified atom stereocenters. The van der Waals surface area contributed by atoms with Gasteiger partial charge in [-0.2, -0.15) is 0 Å². The van der Waals surface area contributed by atoms with Crippen molar-refractivity contribution in [1.29, 1.82) is 0 Å². The van der Waals surface area contributed by atoms with E-state index in [9.17, 15) is 9.36 Å². The van der Waals surface area contributed by atoms with E-state index in [0.29, 0.717) is 12.8 Å². The van der Waals surface area contributed by atoms with E-state index in [2.05, 4.69) is 4.74 Å². The van der Waals surface area contributed by atoms with Crippen molar-refractivity contribution >= 4 is 13.6 Å². The first-order valence-corrected chi connectivity index (χ1v) is 6.12. The van der Waals surface area contributed by atoms with Gasteiger partial charge in [0.1, 0.15) is 0 Å². The lowest BCUT2D eigenvalue weighted by Gasteiger charge is -2.21. The fraction of sp³-hybridized carbons (Fsp3) is 0.875. The van der Waals surface area contributed by atoms with E-state index in [0.717, 1.165) is 0 Å². The lowest BCUT2D eigenvalue weighted by atomic mass is 9.88. The molecule has 0 aliphatic rings. The van der Waals surface area contributed by atoms with Gasteiger partial charge in [0.2, 0.25) is 0 Å². The SMILES string of the molecule is COC(=O)C(C)(C)CCCP(=O)(O)O. The minimum Gasteiger partial charge on any atom is -0.469 e. The Balaban J connectivity index is 4.01. The fourth-order valence-corrected chi connectivity index (χ4v) is 1.68. The summed E-state index contributed by atoms with van der Waals surface area (Å²) in [6.07, 6.45) is 0.532. The summed E-state index contributed by atoms with van der Waals surface area (Å²) in [7, 11) is -2.64. The second-order valence-electron chi connectivity index (χ2n) is 3.87. The first kappa shape index (κ1) is 13.6. The molecule has 0 amide bonds. The quantitative estimate of drug-likeness (QED) is 0.540. The largest absolute Gasteiger partial charge is 0.469 e. The Hall–Kier alpha value is -0.380. The number of esters is 1. The number of hydrogen-bond donors (Lipinski definition) is 2. The van der Waals surface area contributed by atoms with Crippen molar-refractivity contribution in [2.24, 2.45) is 5.41 Å². The van der Waals surface area contributed by atoms with Crippen molar-refractivity contribution in [3.05, 3.63) is 0 Å². The summed E-state index contributed by atoms with van der Waals surface area (Å²) in [5.74, 6) is -0.358. The number of hydrogen-bond acceptors (Lipinski definition) is 3. The van der Waals surface area contributed by atoms with E-state index < -0.39 is 13.0 Å². The van der Waals surface area contributed by atoms with Gasteiger partial charge in [-0.05, 0) is 26.7 Å². The van der Waals surface area contributed by atoms with Crippen molar-refractivity contribution < 1.29 is 23.9 Å². The molecule has 0 radical (unpaired) electrons. The lowest BCUT2D eigenvalue weighted by molar-refractivity contribution is -0.151. The molecule has 0 saturated heterocycles. The molecule has 0 bridgehead atoms. The Bertz CT molecular complexity index is 242. The Morgan fingerprint density at radius 2 is 1.93 bits per heavy atom. The van der Waals surface area contributed by atoms with Crippen LogP contribution in [-0.2, 0) is 14.1 Å². The monoisotopic (exact) mass is 224 g/mol. The molecule has 0 spiro atoms. The number of methoxy groups -OCH3 is 1. The van der Waals surface area contributed by atoms with Crippen LogP contribution in [0.15, 0.2) is 0 Å². The molecule has 14 heavy (non-hydrogen) atoms. The van der Waals surface area contributed by atoms with Crippen LogP contribution < -0.4 is 0 Å². The maximum atomic E-state index is 11.2. The van der Waals surface area contributed by atoms with Crippen LogP contribution in [0.1, 0.15) is 26.7 Å². The van der Waals surface area contributed by atoms with E-state index in [1.54, 1.807) is 13.8 Å². The zero-order valence-corrected chi connectivity index (χ0v) is 9.58. The zero-order valence-electron chi connectivity index (χ0n) is 8.69. The van der Waals surface area contributed by atoms with Gasteiger partial charge in [-0.25, -0.2) is 0 Å². The molecule has 0 aliphatic carbocycles. The summed E-state index contributed by atoms with van der Waals surface area (Å²) in [6.45, 7) is 3.39. The minimum atomic E-state index is -3.94. The standard InChI is InChI=1S/C8H17O5P/c1-8(2,7(9)13-3)5-4-6-14(10,11)12/h4-6H2,1-3H3,(H2,10,11,12). The molecule has 0 heterocycles. The van der Waals surface area contributed by atoms with Crippen LogP contribution in [0.25, 0.3) is 0 Å².